The third-order valence-electron chi connectivity index (χ3n) is 3.34. The average molecular weight is 415 g/mol. The summed E-state index contributed by atoms with van der Waals surface area (Å²) in [6.07, 6.45) is -0.282. The minimum absolute atomic E-state index is 0.0797. The summed E-state index contributed by atoms with van der Waals surface area (Å²) in [7, 11) is 1.23. The first-order chi connectivity index (χ1) is 11.4. The second-order valence-electron chi connectivity index (χ2n) is 4.95. The Balaban J connectivity index is 2.19. The smallest absolute Gasteiger partial charge is 0.333 e. The van der Waals surface area contributed by atoms with Gasteiger partial charge in [0.05, 0.1) is 13.5 Å². The number of methoxy groups -OCH3 is 1. The van der Waals surface area contributed by atoms with Gasteiger partial charge in [-0.1, -0.05) is 45.7 Å². The fourth-order valence-electron chi connectivity index (χ4n) is 2.13. The van der Waals surface area contributed by atoms with Crippen LogP contribution in [0.2, 0.25) is 5.02 Å². The van der Waals surface area contributed by atoms with E-state index in [0.29, 0.717) is 5.56 Å². The van der Waals surface area contributed by atoms with Gasteiger partial charge in [0.15, 0.2) is 6.04 Å². The third kappa shape index (κ3) is 4.55. The molecular formula is C17H14BrClFNO3. The van der Waals surface area contributed by atoms with Crippen LogP contribution in [0.25, 0.3) is 0 Å². The standard InChI is InChI=1S/C17H14BrClFNO3/c1-24-17(23)16(10-5-7-11(18)8-6-10)21-15(22)9-12-13(19)3-2-4-14(12)20/h2-8,16H,9H2,1H3,(H,21,22). The zero-order chi connectivity index (χ0) is 17.7. The summed E-state index contributed by atoms with van der Waals surface area (Å²) in [5.41, 5.74) is 0.633. The number of hydrogen-bond acceptors (Lipinski definition) is 3. The van der Waals surface area contributed by atoms with Gasteiger partial charge < -0.3 is 10.1 Å². The average Bonchev–Trinajstić information content (AvgIpc) is 2.56. The molecule has 0 aliphatic heterocycles. The van der Waals surface area contributed by atoms with Gasteiger partial charge in [-0.3, -0.25) is 4.79 Å². The Bertz CT molecular complexity index is 732. The summed E-state index contributed by atoms with van der Waals surface area (Å²) in [6, 6.07) is 10.0. The molecule has 0 bridgehead atoms. The first-order valence-electron chi connectivity index (χ1n) is 6.98. The summed E-state index contributed by atoms with van der Waals surface area (Å²) < 4.78 is 19.3. The van der Waals surface area contributed by atoms with Gasteiger partial charge in [-0.25, -0.2) is 9.18 Å². The molecule has 1 N–H and O–H groups in total. The maximum absolute atomic E-state index is 13.8. The molecule has 2 rings (SSSR count). The van der Waals surface area contributed by atoms with Crippen LogP contribution in [0, 0.1) is 5.82 Å². The molecule has 1 atom stereocenters. The SMILES string of the molecule is COC(=O)C(NC(=O)Cc1c(F)cccc1Cl)c1ccc(Br)cc1. The fourth-order valence-corrected chi connectivity index (χ4v) is 2.62. The van der Waals surface area contributed by atoms with Gasteiger partial charge in [-0.05, 0) is 29.8 Å². The van der Waals surface area contributed by atoms with Crippen molar-refractivity contribution >= 4 is 39.4 Å². The van der Waals surface area contributed by atoms with E-state index in [1.807, 2.05) is 0 Å². The lowest BCUT2D eigenvalue weighted by atomic mass is 10.1. The number of nitrogens with one attached hydrogen (secondary N) is 1. The quantitative estimate of drug-likeness (QED) is 0.757. The largest absolute Gasteiger partial charge is 0.467 e. The third-order valence-corrected chi connectivity index (χ3v) is 4.23. The summed E-state index contributed by atoms with van der Waals surface area (Å²) in [5.74, 6) is -1.73. The van der Waals surface area contributed by atoms with Gasteiger partial charge in [0.1, 0.15) is 5.82 Å². The van der Waals surface area contributed by atoms with Crippen molar-refractivity contribution in [1.29, 1.82) is 0 Å². The molecule has 0 aromatic heterocycles. The molecule has 0 saturated heterocycles. The highest BCUT2D eigenvalue weighted by Gasteiger charge is 2.24. The minimum Gasteiger partial charge on any atom is -0.467 e. The number of carbonyl (C=O) groups excluding carboxylic acids is 2. The van der Waals surface area contributed by atoms with Gasteiger partial charge in [0.25, 0.3) is 0 Å². The Morgan fingerprint density at radius 3 is 2.50 bits per heavy atom. The summed E-state index contributed by atoms with van der Waals surface area (Å²) >= 11 is 9.22. The Morgan fingerprint density at radius 2 is 1.92 bits per heavy atom. The summed E-state index contributed by atoms with van der Waals surface area (Å²) in [5, 5.41) is 2.71. The first kappa shape index (κ1) is 18.4. The molecule has 0 heterocycles. The number of hydrogen-bond donors (Lipinski definition) is 1. The van der Waals surface area contributed by atoms with Crippen molar-refractivity contribution in [3.63, 3.8) is 0 Å². The highest BCUT2D eigenvalue weighted by Crippen LogP contribution is 2.21. The van der Waals surface area contributed by atoms with E-state index in [-0.39, 0.29) is 17.0 Å². The van der Waals surface area contributed by atoms with Crippen LogP contribution in [0.3, 0.4) is 0 Å². The molecule has 1 unspecified atom stereocenters. The summed E-state index contributed by atoms with van der Waals surface area (Å²) in [4.78, 5) is 24.2. The zero-order valence-electron chi connectivity index (χ0n) is 12.7. The van der Waals surface area contributed by atoms with Gasteiger partial charge in [-0.15, -0.1) is 0 Å². The number of ether oxygens (including phenoxy) is 1. The monoisotopic (exact) mass is 413 g/mol. The second-order valence-corrected chi connectivity index (χ2v) is 6.28. The number of carbonyl (C=O) groups is 2. The maximum atomic E-state index is 13.8. The lowest BCUT2D eigenvalue weighted by molar-refractivity contribution is -0.145. The number of benzene rings is 2. The van der Waals surface area contributed by atoms with Crippen molar-refractivity contribution in [2.75, 3.05) is 7.11 Å². The number of halogens is 3. The molecule has 24 heavy (non-hydrogen) atoms. The molecule has 2 aromatic carbocycles. The van der Waals surface area contributed by atoms with Gasteiger partial charge in [0, 0.05) is 15.1 Å². The molecule has 2 aromatic rings. The number of amides is 1. The van der Waals surface area contributed by atoms with Crippen LogP contribution in [-0.4, -0.2) is 19.0 Å². The molecule has 0 radical (unpaired) electrons. The van der Waals surface area contributed by atoms with E-state index in [1.54, 1.807) is 24.3 Å². The van der Waals surface area contributed by atoms with Crippen molar-refractivity contribution in [2.45, 2.75) is 12.5 Å². The molecule has 0 spiro atoms. The van der Waals surface area contributed by atoms with Crippen molar-refractivity contribution in [1.82, 2.24) is 5.32 Å². The highest BCUT2D eigenvalue weighted by molar-refractivity contribution is 9.10. The lowest BCUT2D eigenvalue weighted by Gasteiger charge is -2.17. The Labute approximate surface area is 152 Å². The highest BCUT2D eigenvalue weighted by atomic mass is 79.9. The Hall–Kier alpha value is -1.92. The van der Waals surface area contributed by atoms with Crippen molar-refractivity contribution in [3.05, 3.63) is 68.9 Å². The van der Waals surface area contributed by atoms with Gasteiger partial charge in [0.2, 0.25) is 5.91 Å². The second kappa shape index (κ2) is 8.26. The molecule has 0 aliphatic carbocycles. The molecular weight excluding hydrogens is 401 g/mol. The minimum atomic E-state index is -0.985. The van der Waals surface area contributed by atoms with E-state index in [0.717, 1.165) is 4.47 Å². The first-order valence-corrected chi connectivity index (χ1v) is 8.15. The molecule has 0 fully saturated rings. The van der Waals surface area contributed by atoms with E-state index in [2.05, 4.69) is 21.2 Å². The van der Waals surface area contributed by atoms with Crippen LogP contribution in [0.15, 0.2) is 46.9 Å². The van der Waals surface area contributed by atoms with E-state index in [1.165, 1.54) is 25.3 Å². The van der Waals surface area contributed by atoms with Crippen LogP contribution in [0.4, 0.5) is 4.39 Å². The Morgan fingerprint density at radius 1 is 1.25 bits per heavy atom. The molecule has 1 amide bonds. The fraction of sp³-hybridized carbons (Fsp3) is 0.176. The normalized spacial score (nSPS) is 11.7. The summed E-state index contributed by atoms with van der Waals surface area (Å²) in [6.45, 7) is 0. The maximum Gasteiger partial charge on any atom is 0.333 e. The van der Waals surface area contributed by atoms with Gasteiger partial charge >= 0.3 is 5.97 Å². The van der Waals surface area contributed by atoms with Crippen LogP contribution >= 0.6 is 27.5 Å². The van der Waals surface area contributed by atoms with Crippen LogP contribution in [0.1, 0.15) is 17.2 Å². The van der Waals surface area contributed by atoms with E-state index in [9.17, 15) is 14.0 Å². The molecule has 7 heteroatoms. The van der Waals surface area contributed by atoms with Gasteiger partial charge in [-0.2, -0.15) is 0 Å². The van der Waals surface area contributed by atoms with Crippen molar-refractivity contribution in [2.24, 2.45) is 0 Å². The molecule has 4 nitrogen and oxygen atoms in total. The van der Waals surface area contributed by atoms with Crippen molar-refractivity contribution < 1.29 is 18.7 Å². The van der Waals surface area contributed by atoms with E-state index >= 15 is 0 Å². The van der Waals surface area contributed by atoms with Crippen LogP contribution in [0.5, 0.6) is 0 Å². The topological polar surface area (TPSA) is 55.4 Å². The van der Waals surface area contributed by atoms with E-state index in [4.69, 9.17) is 16.3 Å². The predicted octanol–water partition coefficient (Wildman–Crippen LogP) is 3.81. The predicted molar refractivity (Wildman–Crippen MR) is 92.2 cm³/mol. The molecule has 0 saturated carbocycles. The van der Waals surface area contributed by atoms with Crippen molar-refractivity contribution in [3.8, 4) is 0 Å². The van der Waals surface area contributed by atoms with Crippen LogP contribution < -0.4 is 5.32 Å². The number of esters is 1. The van der Waals surface area contributed by atoms with E-state index < -0.39 is 23.7 Å². The molecule has 0 aliphatic rings. The molecule has 126 valence electrons. The number of rotatable bonds is 5. The zero-order valence-corrected chi connectivity index (χ0v) is 15.0. The van der Waals surface area contributed by atoms with Crippen LogP contribution in [-0.2, 0) is 20.7 Å². The Kier molecular flexibility index (Phi) is 6.34. The lowest BCUT2D eigenvalue weighted by Crippen LogP contribution is -2.35.